The highest BCUT2D eigenvalue weighted by atomic mass is 35.5. The van der Waals surface area contributed by atoms with Gasteiger partial charge >= 0.3 is 0 Å². The predicted octanol–water partition coefficient (Wildman–Crippen LogP) is 2.02. The molecule has 0 saturated carbocycles. The maximum atomic E-state index is 12.2. The van der Waals surface area contributed by atoms with Crippen LogP contribution in [0, 0.1) is 0 Å². The third-order valence-corrected chi connectivity index (χ3v) is 2.77. The van der Waals surface area contributed by atoms with Crippen molar-refractivity contribution in [2.75, 3.05) is 34.4 Å². The van der Waals surface area contributed by atoms with Crippen LogP contribution in [0.15, 0.2) is 24.3 Å². The highest BCUT2D eigenvalue weighted by molar-refractivity contribution is 6.21. The van der Waals surface area contributed by atoms with Gasteiger partial charge in [0.15, 0.2) is 0 Å². The van der Waals surface area contributed by atoms with Gasteiger partial charge in [-0.1, -0.05) is 12.1 Å². The minimum Gasteiger partial charge on any atom is -0.496 e. The maximum Gasteiger partial charge on any atom is 0.257 e. The maximum absolute atomic E-state index is 12.2. The smallest absolute Gasteiger partial charge is 0.257 e. The summed E-state index contributed by atoms with van der Waals surface area (Å²) in [4.78, 5) is 13.8. The molecule has 5 heteroatoms. The van der Waals surface area contributed by atoms with Crippen molar-refractivity contribution in [2.45, 2.75) is 5.38 Å². The van der Waals surface area contributed by atoms with Crippen molar-refractivity contribution in [3.05, 3.63) is 29.8 Å². The summed E-state index contributed by atoms with van der Waals surface area (Å²) in [6.45, 7) is 0.831. The Kier molecular flexibility index (Phi) is 5.95. The lowest BCUT2D eigenvalue weighted by Crippen LogP contribution is -2.34. The van der Waals surface area contributed by atoms with Crippen molar-refractivity contribution in [3.63, 3.8) is 0 Å². The molecule has 0 aliphatic rings. The summed E-state index contributed by atoms with van der Waals surface area (Å²) in [5.74, 6) is 0.446. The van der Waals surface area contributed by atoms with Crippen LogP contribution in [0.25, 0.3) is 0 Å². The summed E-state index contributed by atoms with van der Waals surface area (Å²) in [6, 6.07) is 7.12. The Balaban J connectivity index is 2.74. The van der Waals surface area contributed by atoms with Crippen molar-refractivity contribution in [2.24, 2.45) is 0 Å². The summed E-state index contributed by atoms with van der Waals surface area (Å²) in [5.41, 5.74) is 0.531. The molecule has 0 spiro atoms. The third kappa shape index (κ3) is 3.89. The molecule has 0 aliphatic heterocycles. The van der Waals surface area contributed by atoms with E-state index in [2.05, 4.69) is 0 Å². The average molecular weight is 272 g/mol. The minimum absolute atomic E-state index is 0.116. The molecule has 0 fully saturated rings. The van der Waals surface area contributed by atoms with Crippen LogP contribution in [0.1, 0.15) is 10.4 Å². The molecule has 0 heterocycles. The van der Waals surface area contributed by atoms with Gasteiger partial charge in [0.25, 0.3) is 5.91 Å². The van der Waals surface area contributed by atoms with Gasteiger partial charge in [0.05, 0.1) is 24.7 Å². The molecule has 1 atom stereocenters. The molecule has 0 saturated heterocycles. The van der Waals surface area contributed by atoms with E-state index >= 15 is 0 Å². The molecule has 18 heavy (non-hydrogen) atoms. The molecule has 0 bridgehead atoms. The van der Waals surface area contributed by atoms with E-state index < -0.39 is 0 Å². The third-order valence-electron chi connectivity index (χ3n) is 2.50. The number of hydrogen-bond donors (Lipinski definition) is 0. The van der Waals surface area contributed by atoms with Crippen LogP contribution in [0.5, 0.6) is 5.75 Å². The number of alkyl halides is 1. The Bertz CT molecular complexity index is 398. The van der Waals surface area contributed by atoms with Crippen LogP contribution in [-0.4, -0.2) is 50.6 Å². The summed E-state index contributed by atoms with van der Waals surface area (Å²) >= 11 is 6.03. The fraction of sp³-hybridized carbons (Fsp3) is 0.462. The molecule has 0 aromatic heterocycles. The lowest BCUT2D eigenvalue weighted by Gasteiger charge is -2.21. The molecular formula is C13H18ClNO3. The van der Waals surface area contributed by atoms with E-state index in [4.69, 9.17) is 21.1 Å². The minimum atomic E-state index is -0.223. The second-order valence-corrected chi connectivity index (χ2v) is 4.56. The number of methoxy groups -OCH3 is 2. The van der Waals surface area contributed by atoms with Gasteiger partial charge in [0.1, 0.15) is 5.75 Å². The summed E-state index contributed by atoms with van der Waals surface area (Å²) < 4.78 is 10.1. The first-order chi connectivity index (χ1) is 8.60. The van der Waals surface area contributed by atoms with Crippen LogP contribution < -0.4 is 4.74 Å². The average Bonchev–Trinajstić information content (AvgIpc) is 2.38. The molecule has 1 rings (SSSR count). The Morgan fingerprint density at radius 2 is 2.06 bits per heavy atom. The van der Waals surface area contributed by atoms with Crippen LogP contribution >= 0.6 is 11.6 Å². The molecule has 0 N–H and O–H groups in total. The zero-order chi connectivity index (χ0) is 13.5. The SMILES string of the molecule is COCC(Cl)CN(C)C(=O)c1ccccc1OC. The number of amides is 1. The van der Waals surface area contributed by atoms with E-state index in [0.29, 0.717) is 24.5 Å². The number of carbonyl (C=O) groups is 1. The molecular weight excluding hydrogens is 254 g/mol. The number of halogens is 1. The Hall–Kier alpha value is -1.26. The number of nitrogens with zero attached hydrogens (tertiary/aromatic N) is 1. The summed E-state index contributed by atoms with van der Waals surface area (Å²) in [7, 11) is 4.83. The van der Waals surface area contributed by atoms with E-state index in [1.165, 1.54) is 0 Å². The number of ether oxygens (including phenoxy) is 2. The number of para-hydroxylation sites is 1. The van der Waals surface area contributed by atoms with Gasteiger partial charge in [-0.05, 0) is 12.1 Å². The van der Waals surface area contributed by atoms with Crippen molar-refractivity contribution in [3.8, 4) is 5.75 Å². The predicted molar refractivity (Wildman–Crippen MR) is 71.5 cm³/mol. The highest BCUT2D eigenvalue weighted by Gasteiger charge is 2.18. The summed E-state index contributed by atoms with van der Waals surface area (Å²) in [5, 5.41) is -0.223. The van der Waals surface area contributed by atoms with Gasteiger partial charge < -0.3 is 14.4 Å². The van der Waals surface area contributed by atoms with E-state index in [1.54, 1.807) is 44.4 Å². The molecule has 1 unspecified atom stereocenters. The van der Waals surface area contributed by atoms with E-state index in [0.717, 1.165) is 0 Å². The number of rotatable bonds is 6. The standard InChI is InChI=1S/C13H18ClNO3/c1-15(8-10(14)9-17-2)13(16)11-6-4-5-7-12(11)18-3/h4-7,10H,8-9H2,1-3H3. The first-order valence-corrected chi connectivity index (χ1v) is 6.05. The van der Waals surface area contributed by atoms with Crippen LogP contribution in [0.4, 0.5) is 0 Å². The second kappa shape index (κ2) is 7.24. The van der Waals surface area contributed by atoms with Gasteiger partial charge in [0, 0.05) is 20.7 Å². The molecule has 0 aliphatic carbocycles. The van der Waals surface area contributed by atoms with E-state index in [9.17, 15) is 4.79 Å². The van der Waals surface area contributed by atoms with Gasteiger partial charge in [-0.3, -0.25) is 4.79 Å². The first-order valence-electron chi connectivity index (χ1n) is 5.61. The zero-order valence-electron chi connectivity index (χ0n) is 10.9. The molecule has 1 aromatic rings. The van der Waals surface area contributed by atoms with Gasteiger partial charge in [-0.2, -0.15) is 0 Å². The summed E-state index contributed by atoms with van der Waals surface area (Å²) in [6.07, 6.45) is 0. The monoisotopic (exact) mass is 271 g/mol. The van der Waals surface area contributed by atoms with E-state index in [-0.39, 0.29) is 11.3 Å². The van der Waals surface area contributed by atoms with Crippen molar-refractivity contribution >= 4 is 17.5 Å². The Morgan fingerprint density at radius 3 is 2.67 bits per heavy atom. The van der Waals surface area contributed by atoms with Gasteiger partial charge in [0.2, 0.25) is 0 Å². The van der Waals surface area contributed by atoms with E-state index in [1.807, 2.05) is 6.07 Å². The fourth-order valence-corrected chi connectivity index (χ4v) is 1.97. The first kappa shape index (κ1) is 14.8. The topological polar surface area (TPSA) is 38.8 Å². The van der Waals surface area contributed by atoms with Crippen LogP contribution in [0.2, 0.25) is 0 Å². The molecule has 100 valence electrons. The molecule has 1 aromatic carbocycles. The highest BCUT2D eigenvalue weighted by Crippen LogP contribution is 2.19. The van der Waals surface area contributed by atoms with Gasteiger partial charge in [-0.15, -0.1) is 11.6 Å². The molecule has 1 amide bonds. The van der Waals surface area contributed by atoms with Crippen molar-refractivity contribution < 1.29 is 14.3 Å². The fourth-order valence-electron chi connectivity index (χ4n) is 1.64. The second-order valence-electron chi connectivity index (χ2n) is 3.94. The lowest BCUT2D eigenvalue weighted by atomic mass is 10.1. The van der Waals surface area contributed by atoms with Crippen LogP contribution in [-0.2, 0) is 4.74 Å². The number of carbonyl (C=O) groups excluding carboxylic acids is 1. The largest absolute Gasteiger partial charge is 0.496 e. The van der Waals surface area contributed by atoms with Crippen LogP contribution in [0.3, 0.4) is 0 Å². The normalized spacial score (nSPS) is 12.0. The Labute approximate surface area is 112 Å². The number of hydrogen-bond acceptors (Lipinski definition) is 3. The molecule has 4 nitrogen and oxygen atoms in total. The van der Waals surface area contributed by atoms with Gasteiger partial charge in [-0.25, -0.2) is 0 Å². The Morgan fingerprint density at radius 1 is 1.39 bits per heavy atom. The van der Waals surface area contributed by atoms with Crippen molar-refractivity contribution in [1.29, 1.82) is 0 Å². The zero-order valence-corrected chi connectivity index (χ0v) is 11.6. The number of benzene rings is 1. The quantitative estimate of drug-likeness (QED) is 0.743. The lowest BCUT2D eigenvalue weighted by molar-refractivity contribution is 0.0778. The van der Waals surface area contributed by atoms with Crippen molar-refractivity contribution in [1.82, 2.24) is 4.90 Å². The molecule has 0 radical (unpaired) electrons.